The van der Waals surface area contributed by atoms with Crippen molar-refractivity contribution < 1.29 is 13.2 Å². The molecule has 1 saturated heterocycles. The first-order valence-corrected chi connectivity index (χ1v) is 11.3. The van der Waals surface area contributed by atoms with Gasteiger partial charge in [-0.05, 0) is 53.9 Å². The number of halogens is 2. The highest BCUT2D eigenvalue weighted by molar-refractivity contribution is 9.11. The van der Waals surface area contributed by atoms with Gasteiger partial charge in [0.1, 0.15) is 0 Å². The standard InChI is InChI=1S/C16H21Br2N3O3S/c1-11(16(22)19-13-3-4-13)20-6-8-21(9-7-20)25(23,24)15-10-12(17)2-5-14(15)18/h2,5,10-11,13H,3-4,6-9H2,1H3,(H,19,22)/t11-/m1/s1. The average molecular weight is 495 g/mol. The van der Waals surface area contributed by atoms with Crippen LogP contribution >= 0.6 is 31.9 Å². The fraction of sp³-hybridized carbons (Fsp3) is 0.562. The normalized spacial score (nSPS) is 21.1. The quantitative estimate of drug-likeness (QED) is 0.681. The molecule has 3 rings (SSSR count). The van der Waals surface area contributed by atoms with E-state index in [0.29, 0.717) is 36.7 Å². The van der Waals surface area contributed by atoms with Gasteiger partial charge in [-0.25, -0.2) is 8.42 Å². The summed E-state index contributed by atoms with van der Waals surface area (Å²) in [6, 6.07) is 5.23. The monoisotopic (exact) mass is 493 g/mol. The van der Waals surface area contributed by atoms with E-state index in [1.807, 2.05) is 11.8 Å². The number of nitrogens with zero attached hydrogens (tertiary/aromatic N) is 2. The molecule has 0 spiro atoms. The van der Waals surface area contributed by atoms with Crippen LogP contribution in [0, 0.1) is 0 Å². The average Bonchev–Trinajstić information content (AvgIpc) is 3.40. The minimum Gasteiger partial charge on any atom is -0.352 e. The lowest BCUT2D eigenvalue weighted by Crippen LogP contribution is -2.55. The van der Waals surface area contributed by atoms with Crippen LogP contribution in [0.25, 0.3) is 0 Å². The van der Waals surface area contributed by atoms with Crippen LogP contribution < -0.4 is 5.32 Å². The topological polar surface area (TPSA) is 69.7 Å². The Morgan fingerprint density at radius 3 is 2.44 bits per heavy atom. The van der Waals surface area contributed by atoms with Crippen LogP contribution in [0.2, 0.25) is 0 Å². The first-order chi connectivity index (χ1) is 11.8. The number of piperazine rings is 1. The molecule has 0 bridgehead atoms. The maximum absolute atomic E-state index is 12.9. The second-order valence-corrected chi connectivity index (χ2v) is 10.2. The zero-order valence-electron chi connectivity index (χ0n) is 13.9. The zero-order chi connectivity index (χ0) is 18.2. The van der Waals surface area contributed by atoms with Crippen molar-refractivity contribution in [1.82, 2.24) is 14.5 Å². The SMILES string of the molecule is C[C@H](C(=O)NC1CC1)N1CCN(S(=O)(=O)c2cc(Br)ccc2Br)CC1. The van der Waals surface area contributed by atoms with Crippen LogP contribution in [0.5, 0.6) is 0 Å². The lowest BCUT2D eigenvalue weighted by atomic mass is 10.2. The molecule has 1 N–H and O–H groups in total. The summed E-state index contributed by atoms with van der Waals surface area (Å²) in [7, 11) is -3.56. The molecule has 2 fully saturated rings. The first-order valence-electron chi connectivity index (χ1n) is 8.28. The van der Waals surface area contributed by atoms with Crippen molar-refractivity contribution in [1.29, 1.82) is 0 Å². The number of rotatable bonds is 5. The molecule has 2 aliphatic rings. The Balaban J connectivity index is 1.64. The van der Waals surface area contributed by atoms with Gasteiger partial charge in [-0.1, -0.05) is 15.9 Å². The second-order valence-electron chi connectivity index (χ2n) is 6.47. The molecule has 0 radical (unpaired) electrons. The van der Waals surface area contributed by atoms with E-state index >= 15 is 0 Å². The summed E-state index contributed by atoms with van der Waals surface area (Å²) in [5.41, 5.74) is 0. The third-order valence-corrected chi connectivity index (χ3v) is 8.02. The van der Waals surface area contributed by atoms with Gasteiger partial charge in [0.2, 0.25) is 15.9 Å². The van der Waals surface area contributed by atoms with E-state index in [-0.39, 0.29) is 16.8 Å². The summed E-state index contributed by atoms with van der Waals surface area (Å²) in [6.45, 7) is 3.73. The molecule has 9 heteroatoms. The molecule has 1 aromatic carbocycles. The van der Waals surface area contributed by atoms with Crippen LogP contribution in [-0.2, 0) is 14.8 Å². The Bertz CT molecular complexity index is 760. The van der Waals surface area contributed by atoms with Crippen LogP contribution in [0.1, 0.15) is 19.8 Å². The molecule has 1 heterocycles. The Kier molecular flexibility index (Phi) is 5.89. The number of sulfonamides is 1. The number of nitrogens with one attached hydrogen (secondary N) is 1. The van der Waals surface area contributed by atoms with Crippen molar-refractivity contribution in [3.05, 3.63) is 27.1 Å². The lowest BCUT2D eigenvalue weighted by molar-refractivity contribution is -0.126. The molecule has 138 valence electrons. The summed E-state index contributed by atoms with van der Waals surface area (Å²) in [4.78, 5) is 14.5. The predicted octanol–water partition coefficient (Wildman–Crippen LogP) is 2.18. The molecule has 1 saturated carbocycles. The van der Waals surface area contributed by atoms with Gasteiger partial charge >= 0.3 is 0 Å². The second kappa shape index (κ2) is 7.64. The molecule has 1 atom stereocenters. The highest BCUT2D eigenvalue weighted by Gasteiger charge is 2.34. The summed E-state index contributed by atoms with van der Waals surface area (Å²) < 4.78 is 28.6. The molecule has 1 amide bonds. The fourth-order valence-corrected chi connectivity index (χ4v) is 5.75. The van der Waals surface area contributed by atoms with Crippen LogP contribution in [-0.4, -0.2) is 61.8 Å². The Hall–Kier alpha value is -0.480. The van der Waals surface area contributed by atoms with Crippen LogP contribution in [0.15, 0.2) is 32.0 Å². The Labute approximate surface area is 165 Å². The Morgan fingerprint density at radius 1 is 1.20 bits per heavy atom. The van der Waals surface area contributed by atoms with Crippen molar-refractivity contribution >= 4 is 47.8 Å². The van der Waals surface area contributed by atoms with Gasteiger partial charge in [-0.2, -0.15) is 4.31 Å². The molecule has 0 unspecified atom stereocenters. The van der Waals surface area contributed by atoms with E-state index < -0.39 is 10.0 Å². The molecular formula is C16H21Br2N3O3S. The molecule has 25 heavy (non-hydrogen) atoms. The molecule has 1 aliphatic carbocycles. The number of amides is 1. The van der Waals surface area contributed by atoms with E-state index in [4.69, 9.17) is 0 Å². The third kappa shape index (κ3) is 4.44. The minimum atomic E-state index is -3.56. The summed E-state index contributed by atoms with van der Waals surface area (Å²) in [5.74, 6) is 0.0357. The highest BCUT2D eigenvalue weighted by atomic mass is 79.9. The van der Waals surface area contributed by atoms with Crippen molar-refractivity contribution in [2.45, 2.75) is 36.7 Å². The molecule has 1 aromatic rings. The van der Waals surface area contributed by atoms with Crippen molar-refractivity contribution in [3.63, 3.8) is 0 Å². The van der Waals surface area contributed by atoms with Crippen LogP contribution in [0.4, 0.5) is 0 Å². The fourth-order valence-electron chi connectivity index (χ4n) is 2.86. The van der Waals surface area contributed by atoms with Gasteiger partial charge in [-0.3, -0.25) is 9.69 Å². The van der Waals surface area contributed by atoms with E-state index in [9.17, 15) is 13.2 Å². The van der Waals surface area contributed by atoms with Crippen molar-refractivity contribution in [3.8, 4) is 0 Å². The van der Waals surface area contributed by atoms with Gasteiger partial charge in [-0.15, -0.1) is 0 Å². The summed E-state index contributed by atoms with van der Waals surface area (Å²) >= 11 is 6.65. The van der Waals surface area contributed by atoms with Gasteiger partial charge in [0, 0.05) is 41.2 Å². The van der Waals surface area contributed by atoms with Crippen LogP contribution in [0.3, 0.4) is 0 Å². The minimum absolute atomic E-state index is 0.0357. The highest BCUT2D eigenvalue weighted by Crippen LogP contribution is 2.29. The van der Waals surface area contributed by atoms with Gasteiger partial charge in [0.15, 0.2) is 0 Å². The summed E-state index contributed by atoms with van der Waals surface area (Å²) in [6.07, 6.45) is 2.12. The predicted molar refractivity (Wildman–Crippen MR) is 103 cm³/mol. The van der Waals surface area contributed by atoms with E-state index in [1.165, 1.54) is 4.31 Å². The molecule has 1 aliphatic heterocycles. The van der Waals surface area contributed by atoms with Gasteiger partial charge in [0.05, 0.1) is 10.9 Å². The number of carbonyl (C=O) groups is 1. The van der Waals surface area contributed by atoms with Gasteiger partial charge in [0.25, 0.3) is 0 Å². The largest absolute Gasteiger partial charge is 0.352 e. The Morgan fingerprint density at radius 2 is 1.84 bits per heavy atom. The maximum Gasteiger partial charge on any atom is 0.244 e. The number of carbonyl (C=O) groups excluding carboxylic acids is 1. The van der Waals surface area contributed by atoms with Gasteiger partial charge < -0.3 is 5.32 Å². The number of hydrogen-bond donors (Lipinski definition) is 1. The van der Waals surface area contributed by atoms with Crippen molar-refractivity contribution in [2.75, 3.05) is 26.2 Å². The van der Waals surface area contributed by atoms with Crippen molar-refractivity contribution in [2.24, 2.45) is 0 Å². The third-order valence-electron chi connectivity index (χ3n) is 4.64. The zero-order valence-corrected chi connectivity index (χ0v) is 17.9. The first kappa shape index (κ1) is 19.3. The number of benzene rings is 1. The van der Waals surface area contributed by atoms with E-state index in [1.54, 1.807) is 18.2 Å². The molecule has 0 aromatic heterocycles. The van der Waals surface area contributed by atoms with E-state index in [0.717, 1.165) is 17.3 Å². The lowest BCUT2D eigenvalue weighted by Gasteiger charge is -2.36. The molecule has 6 nitrogen and oxygen atoms in total. The van der Waals surface area contributed by atoms with E-state index in [2.05, 4.69) is 37.2 Å². The molecular weight excluding hydrogens is 474 g/mol. The smallest absolute Gasteiger partial charge is 0.244 e. The maximum atomic E-state index is 12.9. The summed E-state index contributed by atoms with van der Waals surface area (Å²) in [5, 5.41) is 3.01. The number of hydrogen-bond acceptors (Lipinski definition) is 4.